The molecule has 1 unspecified atom stereocenters. The van der Waals surface area contributed by atoms with Gasteiger partial charge in [-0.1, -0.05) is 18.1 Å². The Balaban J connectivity index is 1.42. The molecule has 0 bridgehead atoms. The summed E-state index contributed by atoms with van der Waals surface area (Å²) in [6.07, 6.45) is 3.70. The van der Waals surface area contributed by atoms with Crippen LogP contribution in [0.15, 0.2) is 42.7 Å². The van der Waals surface area contributed by atoms with Crippen LogP contribution in [0.5, 0.6) is 0 Å². The molecular weight excluding hydrogens is 342 g/mol. The van der Waals surface area contributed by atoms with Gasteiger partial charge < -0.3 is 16.0 Å². The molecule has 1 atom stereocenters. The number of rotatable bonds is 3. The molecule has 0 saturated heterocycles. The number of fused-ring (bicyclic) bond motifs is 2. The van der Waals surface area contributed by atoms with Gasteiger partial charge >= 0.3 is 0 Å². The smallest absolute Gasteiger partial charge is 0.287 e. The van der Waals surface area contributed by atoms with Gasteiger partial charge in [-0.15, -0.1) is 0 Å². The van der Waals surface area contributed by atoms with E-state index in [0.29, 0.717) is 23.4 Å². The Morgan fingerprint density at radius 1 is 1.37 bits per heavy atom. The number of nitrogens with zero attached hydrogens (tertiary/aromatic N) is 4. The molecule has 1 aromatic carbocycles. The third-order valence-electron chi connectivity index (χ3n) is 4.04. The highest BCUT2D eigenvalue weighted by atomic mass is 16.2. The van der Waals surface area contributed by atoms with E-state index in [9.17, 15) is 4.79 Å². The predicted molar refractivity (Wildman–Crippen MR) is 102 cm³/mol. The number of imidazole rings is 2. The number of para-hydroxylation sites is 2. The zero-order chi connectivity index (χ0) is 18.8. The number of carbonyl (C=O) groups is 1. The van der Waals surface area contributed by atoms with Crippen molar-refractivity contribution in [2.45, 2.75) is 19.4 Å². The van der Waals surface area contributed by atoms with Crippen molar-refractivity contribution in [3.05, 3.63) is 54.2 Å². The maximum Gasteiger partial charge on any atom is 0.287 e. The average molecular weight is 359 g/mol. The normalized spacial score (nSPS) is 11.9. The third kappa shape index (κ3) is 3.30. The molecule has 3 aromatic heterocycles. The van der Waals surface area contributed by atoms with Crippen LogP contribution in [-0.2, 0) is 0 Å². The number of aromatic nitrogens is 5. The van der Waals surface area contributed by atoms with Crippen LogP contribution in [0, 0.1) is 11.8 Å². The van der Waals surface area contributed by atoms with Crippen LogP contribution in [0.25, 0.3) is 16.7 Å². The van der Waals surface area contributed by atoms with E-state index < -0.39 is 0 Å². The molecule has 134 valence electrons. The van der Waals surface area contributed by atoms with Crippen LogP contribution in [-0.4, -0.2) is 36.5 Å². The van der Waals surface area contributed by atoms with E-state index in [2.05, 4.69) is 37.2 Å². The van der Waals surface area contributed by atoms with E-state index in [1.165, 1.54) is 0 Å². The SMILES string of the molecule is CC(CC#Cc1cnc2c(N)ccnn12)NC(=O)c1nc2ccccc2[nH]1. The molecule has 3 heterocycles. The molecule has 8 heteroatoms. The largest absolute Gasteiger partial charge is 0.396 e. The van der Waals surface area contributed by atoms with Crippen molar-refractivity contribution in [2.24, 2.45) is 0 Å². The molecule has 0 aliphatic carbocycles. The summed E-state index contributed by atoms with van der Waals surface area (Å²) in [4.78, 5) is 23.9. The van der Waals surface area contributed by atoms with Crippen molar-refractivity contribution < 1.29 is 4.79 Å². The maximum atomic E-state index is 12.3. The lowest BCUT2D eigenvalue weighted by Gasteiger charge is -2.08. The summed E-state index contributed by atoms with van der Waals surface area (Å²) in [5.74, 6) is 6.09. The van der Waals surface area contributed by atoms with E-state index in [-0.39, 0.29) is 17.8 Å². The van der Waals surface area contributed by atoms with Crippen LogP contribution in [0.2, 0.25) is 0 Å². The maximum absolute atomic E-state index is 12.3. The Bertz CT molecular complexity index is 1160. The Morgan fingerprint density at radius 3 is 3.07 bits per heavy atom. The highest BCUT2D eigenvalue weighted by Crippen LogP contribution is 2.11. The van der Waals surface area contributed by atoms with Gasteiger partial charge in [-0.3, -0.25) is 4.79 Å². The Kier molecular flexibility index (Phi) is 4.18. The fourth-order valence-electron chi connectivity index (χ4n) is 2.70. The van der Waals surface area contributed by atoms with Crippen molar-refractivity contribution in [3.63, 3.8) is 0 Å². The second-order valence-corrected chi connectivity index (χ2v) is 6.15. The highest BCUT2D eigenvalue weighted by molar-refractivity contribution is 5.94. The number of nitrogen functional groups attached to an aromatic ring is 1. The van der Waals surface area contributed by atoms with Gasteiger partial charge in [0.25, 0.3) is 5.91 Å². The number of nitrogens with two attached hydrogens (primary N) is 1. The molecule has 0 radical (unpaired) electrons. The predicted octanol–water partition coefficient (Wildman–Crippen LogP) is 1.75. The van der Waals surface area contributed by atoms with Gasteiger partial charge in [-0.25, -0.2) is 14.5 Å². The molecular formula is C19H17N7O. The van der Waals surface area contributed by atoms with Crippen molar-refractivity contribution in [1.82, 2.24) is 29.9 Å². The van der Waals surface area contributed by atoms with Gasteiger partial charge in [0.15, 0.2) is 11.5 Å². The first kappa shape index (κ1) is 16.6. The van der Waals surface area contributed by atoms with Gasteiger partial charge in [0.1, 0.15) is 5.69 Å². The average Bonchev–Trinajstić information content (AvgIpc) is 3.27. The minimum Gasteiger partial charge on any atom is -0.396 e. The molecule has 27 heavy (non-hydrogen) atoms. The number of nitrogens with one attached hydrogen (secondary N) is 2. The molecule has 0 aliphatic heterocycles. The monoisotopic (exact) mass is 359 g/mol. The minimum atomic E-state index is -0.259. The summed E-state index contributed by atoms with van der Waals surface area (Å²) in [7, 11) is 0. The molecule has 1 amide bonds. The van der Waals surface area contributed by atoms with Gasteiger partial charge in [0.05, 0.1) is 29.1 Å². The van der Waals surface area contributed by atoms with E-state index in [4.69, 9.17) is 5.73 Å². The van der Waals surface area contributed by atoms with E-state index in [0.717, 1.165) is 11.0 Å². The second-order valence-electron chi connectivity index (χ2n) is 6.15. The van der Waals surface area contributed by atoms with Crippen LogP contribution >= 0.6 is 0 Å². The summed E-state index contributed by atoms with van der Waals surface area (Å²) in [5, 5.41) is 7.09. The number of carbonyl (C=O) groups excluding carboxylic acids is 1. The number of aromatic amines is 1. The number of hydrogen-bond donors (Lipinski definition) is 3. The Labute approximate surface area is 154 Å². The molecule has 4 rings (SSSR count). The fraction of sp³-hybridized carbons (Fsp3) is 0.158. The Morgan fingerprint density at radius 2 is 2.22 bits per heavy atom. The molecule has 8 nitrogen and oxygen atoms in total. The zero-order valence-corrected chi connectivity index (χ0v) is 14.6. The number of H-pyrrole nitrogens is 1. The summed E-state index contributed by atoms with van der Waals surface area (Å²) in [5.41, 5.74) is 9.21. The Hall–Kier alpha value is -3.86. The van der Waals surface area contributed by atoms with Crippen molar-refractivity contribution in [1.29, 1.82) is 0 Å². The minimum absolute atomic E-state index is 0.143. The topological polar surface area (TPSA) is 114 Å². The van der Waals surface area contributed by atoms with E-state index >= 15 is 0 Å². The lowest BCUT2D eigenvalue weighted by Crippen LogP contribution is -2.32. The lowest BCUT2D eigenvalue weighted by molar-refractivity contribution is 0.0931. The van der Waals surface area contributed by atoms with Crippen LogP contribution in [0.4, 0.5) is 5.69 Å². The quantitative estimate of drug-likeness (QED) is 0.482. The van der Waals surface area contributed by atoms with E-state index in [1.807, 2.05) is 31.2 Å². The molecule has 0 fully saturated rings. The first-order valence-corrected chi connectivity index (χ1v) is 8.44. The second kappa shape index (κ2) is 6.80. The highest BCUT2D eigenvalue weighted by Gasteiger charge is 2.13. The van der Waals surface area contributed by atoms with Gasteiger partial charge in [0.2, 0.25) is 0 Å². The first-order valence-electron chi connectivity index (χ1n) is 8.44. The van der Waals surface area contributed by atoms with Crippen LogP contribution in [0.3, 0.4) is 0 Å². The molecule has 0 spiro atoms. The number of amides is 1. The number of hydrogen-bond acceptors (Lipinski definition) is 5. The molecule has 4 aromatic rings. The van der Waals surface area contributed by atoms with E-state index in [1.54, 1.807) is 23.0 Å². The molecule has 4 N–H and O–H groups in total. The molecule has 0 saturated carbocycles. The zero-order valence-electron chi connectivity index (χ0n) is 14.6. The van der Waals surface area contributed by atoms with Gasteiger partial charge in [-0.2, -0.15) is 5.10 Å². The number of anilines is 1. The standard InChI is InChI=1S/C19H17N7O/c1-12(23-19(27)17-24-15-7-2-3-8-16(15)25-17)5-4-6-13-11-21-18-14(20)9-10-22-26(13)18/h2-3,7-12H,5,20H2,1H3,(H,23,27)(H,24,25). The van der Waals surface area contributed by atoms with Gasteiger partial charge in [0, 0.05) is 12.5 Å². The van der Waals surface area contributed by atoms with Gasteiger partial charge in [-0.05, 0) is 31.0 Å². The summed E-state index contributed by atoms with van der Waals surface area (Å²) < 4.78 is 1.60. The van der Waals surface area contributed by atoms with Crippen molar-refractivity contribution in [2.75, 3.05) is 5.73 Å². The van der Waals surface area contributed by atoms with Crippen LogP contribution in [0.1, 0.15) is 29.7 Å². The lowest BCUT2D eigenvalue weighted by atomic mass is 10.2. The fourth-order valence-corrected chi connectivity index (χ4v) is 2.70. The van der Waals surface area contributed by atoms with Crippen molar-refractivity contribution >= 4 is 28.3 Å². The molecule has 0 aliphatic rings. The first-order chi connectivity index (χ1) is 13.1. The summed E-state index contributed by atoms with van der Waals surface area (Å²) in [6, 6.07) is 9.05. The number of benzene rings is 1. The van der Waals surface area contributed by atoms with Crippen LogP contribution < -0.4 is 11.1 Å². The third-order valence-corrected chi connectivity index (χ3v) is 4.04. The van der Waals surface area contributed by atoms with Crippen molar-refractivity contribution in [3.8, 4) is 11.8 Å². The summed E-state index contributed by atoms with van der Waals surface area (Å²) >= 11 is 0. The summed E-state index contributed by atoms with van der Waals surface area (Å²) in [6.45, 7) is 1.89.